The van der Waals surface area contributed by atoms with Crippen LogP contribution in [0.25, 0.3) is 16.9 Å². The Balaban J connectivity index is 1.40. The van der Waals surface area contributed by atoms with Crippen LogP contribution in [-0.2, 0) is 11.3 Å². The summed E-state index contributed by atoms with van der Waals surface area (Å²) in [7, 11) is 0. The number of carbonyl (C=O) groups excluding carboxylic acids is 1. The highest BCUT2D eigenvalue weighted by molar-refractivity contribution is 9.10. The van der Waals surface area contributed by atoms with E-state index in [9.17, 15) is 4.79 Å². The lowest BCUT2D eigenvalue weighted by molar-refractivity contribution is 0.0530. The maximum atomic E-state index is 11.8. The lowest BCUT2D eigenvalue weighted by Crippen LogP contribution is -2.35. The third-order valence-corrected chi connectivity index (χ3v) is 5.33. The molecule has 0 aliphatic carbocycles. The summed E-state index contributed by atoms with van der Waals surface area (Å²) in [6.07, 6.45) is 2.99. The number of nitrogens with one attached hydrogen (secondary N) is 3. The third kappa shape index (κ3) is 6.66. The summed E-state index contributed by atoms with van der Waals surface area (Å²) in [6.45, 7) is 6.79. The minimum atomic E-state index is -0.542. The second-order valence-electron chi connectivity index (χ2n) is 8.72. The van der Waals surface area contributed by atoms with E-state index in [-0.39, 0.29) is 0 Å². The number of alkyl carbamates (subject to hydrolysis) is 1. The summed E-state index contributed by atoms with van der Waals surface area (Å²) in [5.74, 6) is 0.954. The van der Waals surface area contributed by atoms with Crippen molar-refractivity contribution >= 4 is 39.6 Å². The lowest BCUT2D eigenvalue weighted by Gasteiger charge is -2.19. The first-order valence-corrected chi connectivity index (χ1v) is 11.9. The number of benzene rings is 1. The maximum Gasteiger partial charge on any atom is 0.407 e. The van der Waals surface area contributed by atoms with Gasteiger partial charge in [0.2, 0.25) is 11.9 Å². The monoisotopic (exact) mass is 538 g/mol. The molecule has 3 N–H and O–H groups in total. The molecule has 0 aliphatic heterocycles. The fraction of sp³-hybridized carbons (Fsp3) is 0.292. The molecule has 0 saturated heterocycles. The zero-order valence-electron chi connectivity index (χ0n) is 19.7. The van der Waals surface area contributed by atoms with Gasteiger partial charge in [-0.2, -0.15) is 19.6 Å². The number of hydrogen-bond donors (Lipinski definition) is 3. The molecule has 0 spiro atoms. The molecule has 35 heavy (non-hydrogen) atoms. The van der Waals surface area contributed by atoms with E-state index in [1.165, 1.54) is 0 Å². The molecular formula is C24H27BrN8O2. The van der Waals surface area contributed by atoms with E-state index in [0.29, 0.717) is 37.2 Å². The van der Waals surface area contributed by atoms with E-state index < -0.39 is 11.7 Å². The van der Waals surface area contributed by atoms with Crippen molar-refractivity contribution in [2.75, 3.05) is 23.7 Å². The van der Waals surface area contributed by atoms with E-state index in [0.717, 1.165) is 21.3 Å². The molecule has 0 aliphatic rings. The molecule has 1 aromatic carbocycles. The van der Waals surface area contributed by atoms with Crippen molar-refractivity contribution in [2.24, 2.45) is 0 Å². The SMILES string of the molecule is CC(C)(C)OC(=O)NCCNc1nc(NCc2ccc(-c3ccccn3)cc2)n2ncc(Br)c2n1. The van der Waals surface area contributed by atoms with Crippen LogP contribution in [-0.4, -0.2) is 49.3 Å². The lowest BCUT2D eigenvalue weighted by atomic mass is 10.1. The number of fused-ring (bicyclic) bond motifs is 1. The predicted octanol–water partition coefficient (Wildman–Crippen LogP) is 4.50. The standard InChI is InChI=1S/C24H27BrN8O2/c1-24(2,3)35-23(34)28-13-12-27-21-31-20-18(25)15-30-33(20)22(32-21)29-14-16-7-9-17(10-8-16)19-6-4-5-11-26-19/h4-11,15H,12-14H2,1-3H3,(H,28,34)(H2,27,29,31,32). The number of rotatable bonds is 8. The highest BCUT2D eigenvalue weighted by atomic mass is 79.9. The molecule has 0 fully saturated rings. The van der Waals surface area contributed by atoms with Gasteiger partial charge in [0.25, 0.3) is 0 Å². The molecule has 0 bridgehead atoms. The van der Waals surface area contributed by atoms with Crippen LogP contribution in [0.4, 0.5) is 16.7 Å². The fourth-order valence-corrected chi connectivity index (χ4v) is 3.55. The Labute approximate surface area is 211 Å². The first-order chi connectivity index (χ1) is 16.8. The van der Waals surface area contributed by atoms with Crippen molar-refractivity contribution < 1.29 is 9.53 Å². The number of carbonyl (C=O) groups is 1. The molecule has 0 unspecified atom stereocenters. The van der Waals surface area contributed by atoms with E-state index in [1.807, 2.05) is 51.1 Å². The molecule has 0 radical (unpaired) electrons. The van der Waals surface area contributed by atoms with Gasteiger partial charge in [-0.3, -0.25) is 4.98 Å². The number of anilines is 2. The van der Waals surface area contributed by atoms with Crippen molar-refractivity contribution in [3.05, 3.63) is 64.9 Å². The van der Waals surface area contributed by atoms with Crippen LogP contribution >= 0.6 is 15.9 Å². The van der Waals surface area contributed by atoms with Gasteiger partial charge in [0, 0.05) is 31.4 Å². The minimum Gasteiger partial charge on any atom is -0.444 e. The minimum absolute atomic E-state index is 0.356. The van der Waals surface area contributed by atoms with Crippen LogP contribution in [0.5, 0.6) is 0 Å². The summed E-state index contributed by atoms with van der Waals surface area (Å²) in [5, 5.41) is 13.5. The zero-order chi connectivity index (χ0) is 24.8. The number of aromatic nitrogens is 5. The summed E-state index contributed by atoms with van der Waals surface area (Å²) in [5.41, 5.74) is 3.15. The molecule has 3 aromatic heterocycles. The number of amides is 1. The summed E-state index contributed by atoms with van der Waals surface area (Å²) < 4.78 is 7.62. The van der Waals surface area contributed by atoms with Gasteiger partial charge >= 0.3 is 6.09 Å². The van der Waals surface area contributed by atoms with Gasteiger partial charge in [-0.15, -0.1) is 0 Å². The molecule has 3 heterocycles. The van der Waals surface area contributed by atoms with E-state index in [2.05, 4.69) is 64.1 Å². The van der Waals surface area contributed by atoms with Gasteiger partial charge in [-0.1, -0.05) is 30.3 Å². The van der Waals surface area contributed by atoms with Crippen LogP contribution in [0.1, 0.15) is 26.3 Å². The molecule has 10 nitrogen and oxygen atoms in total. The van der Waals surface area contributed by atoms with Crippen LogP contribution in [0, 0.1) is 0 Å². The molecule has 4 aromatic rings. The Kier molecular flexibility index (Phi) is 7.45. The van der Waals surface area contributed by atoms with Gasteiger partial charge in [0.05, 0.1) is 16.4 Å². The van der Waals surface area contributed by atoms with Crippen LogP contribution in [0.2, 0.25) is 0 Å². The van der Waals surface area contributed by atoms with Gasteiger partial charge in [0.15, 0.2) is 5.65 Å². The molecular weight excluding hydrogens is 512 g/mol. The largest absolute Gasteiger partial charge is 0.444 e. The van der Waals surface area contributed by atoms with E-state index >= 15 is 0 Å². The van der Waals surface area contributed by atoms with Crippen LogP contribution < -0.4 is 16.0 Å². The Morgan fingerprint density at radius 2 is 1.86 bits per heavy atom. The summed E-state index contributed by atoms with van der Waals surface area (Å²) in [6, 6.07) is 14.1. The quantitative estimate of drug-likeness (QED) is 0.280. The molecule has 182 valence electrons. The highest BCUT2D eigenvalue weighted by Crippen LogP contribution is 2.21. The smallest absolute Gasteiger partial charge is 0.407 e. The highest BCUT2D eigenvalue weighted by Gasteiger charge is 2.16. The normalized spacial score (nSPS) is 11.3. The number of nitrogens with zero attached hydrogens (tertiary/aromatic N) is 5. The van der Waals surface area contributed by atoms with Crippen molar-refractivity contribution in [3.63, 3.8) is 0 Å². The number of halogens is 1. The molecule has 11 heteroatoms. The zero-order valence-corrected chi connectivity index (χ0v) is 21.3. The topological polar surface area (TPSA) is 118 Å². The second-order valence-corrected chi connectivity index (χ2v) is 9.57. The molecule has 1 amide bonds. The summed E-state index contributed by atoms with van der Waals surface area (Å²) in [4.78, 5) is 25.3. The van der Waals surface area contributed by atoms with Crippen molar-refractivity contribution in [1.29, 1.82) is 0 Å². The van der Waals surface area contributed by atoms with Crippen molar-refractivity contribution in [2.45, 2.75) is 32.9 Å². The average molecular weight is 539 g/mol. The maximum absolute atomic E-state index is 11.8. The van der Waals surface area contributed by atoms with E-state index in [1.54, 1.807) is 16.9 Å². The Bertz CT molecular complexity index is 1290. The van der Waals surface area contributed by atoms with Gasteiger partial charge in [-0.25, -0.2) is 4.79 Å². The summed E-state index contributed by atoms with van der Waals surface area (Å²) >= 11 is 3.48. The van der Waals surface area contributed by atoms with Crippen molar-refractivity contribution in [3.8, 4) is 11.3 Å². The molecule has 4 rings (SSSR count). The van der Waals surface area contributed by atoms with Gasteiger partial charge in [-0.05, 0) is 54.4 Å². The molecule has 0 atom stereocenters. The van der Waals surface area contributed by atoms with Crippen LogP contribution in [0.15, 0.2) is 59.3 Å². The first-order valence-electron chi connectivity index (χ1n) is 11.1. The average Bonchev–Trinajstić information content (AvgIpc) is 3.21. The number of pyridine rings is 1. The second kappa shape index (κ2) is 10.7. The fourth-order valence-electron chi connectivity index (χ4n) is 3.21. The first kappa shape index (κ1) is 24.4. The number of ether oxygens (including phenoxy) is 1. The number of hydrogen-bond acceptors (Lipinski definition) is 8. The van der Waals surface area contributed by atoms with Crippen molar-refractivity contribution in [1.82, 2.24) is 29.9 Å². The molecule has 0 saturated carbocycles. The van der Waals surface area contributed by atoms with Crippen LogP contribution in [0.3, 0.4) is 0 Å². The van der Waals surface area contributed by atoms with E-state index in [4.69, 9.17) is 4.74 Å². The Morgan fingerprint density at radius 3 is 2.57 bits per heavy atom. The Morgan fingerprint density at radius 1 is 1.06 bits per heavy atom. The van der Waals surface area contributed by atoms with Gasteiger partial charge in [0.1, 0.15) is 5.60 Å². The van der Waals surface area contributed by atoms with Gasteiger partial charge < -0.3 is 20.7 Å². The Hall–Kier alpha value is -3.73. The predicted molar refractivity (Wildman–Crippen MR) is 138 cm³/mol. The third-order valence-electron chi connectivity index (χ3n) is 4.77.